The van der Waals surface area contributed by atoms with E-state index in [1.54, 1.807) is 26.4 Å². The number of benzene rings is 2. The summed E-state index contributed by atoms with van der Waals surface area (Å²) in [6.45, 7) is 5.83. The lowest BCUT2D eigenvalue weighted by atomic mass is 9.74. The quantitative estimate of drug-likeness (QED) is 0.529. The van der Waals surface area contributed by atoms with E-state index in [-0.39, 0.29) is 29.8 Å². The average Bonchev–Trinajstić information content (AvgIpc) is 2.83. The van der Waals surface area contributed by atoms with Crippen molar-refractivity contribution in [2.24, 2.45) is 0 Å². The van der Waals surface area contributed by atoms with Crippen LogP contribution in [0.5, 0.6) is 23.0 Å². The molecule has 2 aromatic rings. The number of halogens is 1. The molecule has 0 aromatic heterocycles. The molecule has 0 spiro atoms. The van der Waals surface area contributed by atoms with E-state index < -0.39 is 11.5 Å². The van der Waals surface area contributed by atoms with Gasteiger partial charge in [0, 0.05) is 12.1 Å². The van der Waals surface area contributed by atoms with Crippen LogP contribution in [0.4, 0.5) is 3.89 Å². The highest BCUT2D eigenvalue weighted by molar-refractivity contribution is 7.94. The first-order valence-corrected chi connectivity index (χ1v) is 12.1. The van der Waals surface area contributed by atoms with Gasteiger partial charge in [0.05, 0.1) is 37.0 Å². The largest absolute Gasteiger partial charge is 0.493 e. The number of rotatable bonds is 4. The maximum Gasteiger partial charge on any atom is 0.177 e. The average molecular weight is 473 g/mol. The predicted octanol–water partition coefficient (Wildman–Crippen LogP) is 6.19. The number of ether oxygens (including phenoxy) is 4. The van der Waals surface area contributed by atoms with E-state index in [4.69, 9.17) is 18.9 Å². The second kappa shape index (κ2) is 9.29. The van der Waals surface area contributed by atoms with Gasteiger partial charge in [-0.3, -0.25) is 4.79 Å². The lowest BCUT2D eigenvalue weighted by Gasteiger charge is -2.39. The third kappa shape index (κ3) is 3.97. The monoisotopic (exact) mass is 472 g/mol. The van der Waals surface area contributed by atoms with Crippen molar-refractivity contribution < 1.29 is 27.6 Å². The van der Waals surface area contributed by atoms with Crippen molar-refractivity contribution in [3.05, 3.63) is 52.6 Å². The van der Waals surface area contributed by atoms with Gasteiger partial charge in [0.25, 0.3) is 0 Å². The molecule has 176 valence electrons. The van der Waals surface area contributed by atoms with Gasteiger partial charge in [-0.25, -0.2) is 0 Å². The Morgan fingerprint density at radius 2 is 1.91 bits per heavy atom. The maximum atomic E-state index is 13.6. The first-order valence-electron chi connectivity index (χ1n) is 11.2. The third-order valence-electron chi connectivity index (χ3n) is 6.31. The van der Waals surface area contributed by atoms with Gasteiger partial charge in [0.15, 0.2) is 17.3 Å². The Morgan fingerprint density at radius 3 is 2.61 bits per heavy atom. The van der Waals surface area contributed by atoms with Crippen LogP contribution in [0.25, 0.3) is 6.08 Å². The summed E-state index contributed by atoms with van der Waals surface area (Å²) in [5.41, 5.74) is 2.56. The summed E-state index contributed by atoms with van der Waals surface area (Å²) < 4.78 is 36.2. The van der Waals surface area contributed by atoms with E-state index in [1.165, 1.54) is 0 Å². The van der Waals surface area contributed by atoms with Crippen LogP contribution in [0.2, 0.25) is 0 Å². The van der Waals surface area contributed by atoms with Crippen molar-refractivity contribution in [2.75, 3.05) is 20.0 Å². The van der Waals surface area contributed by atoms with Gasteiger partial charge in [-0.15, -0.1) is 0 Å². The van der Waals surface area contributed by atoms with E-state index in [0.29, 0.717) is 28.6 Å². The normalized spacial score (nSPS) is 24.0. The molecule has 7 heteroatoms. The Hall–Kier alpha value is -2.67. The molecule has 3 aliphatic rings. The van der Waals surface area contributed by atoms with Crippen LogP contribution in [-0.4, -0.2) is 37.5 Å². The number of fused-ring (bicyclic) bond motifs is 6. The molecule has 0 saturated heterocycles. The Labute approximate surface area is 198 Å². The van der Waals surface area contributed by atoms with Crippen molar-refractivity contribution in [1.29, 1.82) is 0 Å². The lowest BCUT2D eigenvalue weighted by molar-refractivity contribution is 0.0743. The zero-order valence-corrected chi connectivity index (χ0v) is 20.4. The fraction of sp³-hybridized carbons (Fsp3) is 0.423. The van der Waals surface area contributed by atoms with Gasteiger partial charge in [-0.1, -0.05) is 13.8 Å². The molecule has 0 fully saturated rings. The molecular weight excluding hydrogens is 443 g/mol. The smallest absolute Gasteiger partial charge is 0.177 e. The Kier molecular flexibility index (Phi) is 6.61. The van der Waals surface area contributed by atoms with E-state index in [9.17, 15) is 8.68 Å². The molecule has 2 aliphatic heterocycles. The molecule has 0 saturated carbocycles. The molecule has 5 rings (SSSR count). The van der Waals surface area contributed by atoms with Crippen molar-refractivity contribution in [2.45, 2.75) is 51.2 Å². The van der Waals surface area contributed by atoms with Gasteiger partial charge < -0.3 is 18.9 Å². The minimum absolute atomic E-state index is 0.0308. The molecule has 33 heavy (non-hydrogen) atoms. The van der Waals surface area contributed by atoms with Gasteiger partial charge in [-0.2, -0.15) is 3.89 Å². The molecule has 0 amide bonds. The van der Waals surface area contributed by atoms with Crippen LogP contribution in [0.15, 0.2) is 30.3 Å². The van der Waals surface area contributed by atoms with Crippen LogP contribution in [0.3, 0.4) is 0 Å². The summed E-state index contributed by atoms with van der Waals surface area (Å²) in [6.07, 6.45) is 4.96. The highest BCUT2D eigenvalue weighted by Gasteiger charge is 2.44. The number of carbonyl (C=O) groups is 1. The van der Waals surface area contributed by atoms with Crippen LogP contribution >= 0.6 is 12.1 Å². The van der Waals surface area contributed by atoms with Gasteiger partial charge in [0.2, 0.25) is 0 Å². The summed E-state index contributed by atoms with van der Waals surface area (Å²) >= 11 is 0.244. The Balaban J connectivity index is 0.00000126. The van der Waals surface area contributed by atoms with Crippen LogP contribution in [0, 0.1) is 0 Å². The molecule has 0 bridgehead atoms. The second-order valence-corrected chi connectivity index (χ2v) is 8.81. The molecular formula is C26H29FO5S. The number of carbonyl (C=O) groups excluding carboxylic acids is 1. The van der Waals surface area contributed by atoms with Crippen molar-refractivity contribution in [3.63, 3.8) is 0 Å². The minimum atomic E-state index is -0.735. The summed E-state index contributed by atoms with van der Waals surface area (Å²) in [5, 5.41) is 0. The van der Waals surface area contributed by atoms with Gasteiger partial charge in [0.1, 0.15) is 23.2 Å². The second-order valence-electron chi connectivity index (χ2n) is 8.30. The first-order chi connectivity index (χ1) is 16.0. The summed E-state index contributed by atoms with van der Waals surface area (Å²) in [5.74, 6) is 2.25. The fourth-order valence-corrected chi connectivity index (χ4v) is 5.12. The standard InChI is InChI=1S/C24H23FO5S.C2H6/c1-24(12-31-25)9-8-14-17(30-24)7-5-15-22(26)21-16-11-20(28-3)19(27-2)10-13(16)4-6-18(21)29-23(14)15;1-2/h5,7-11,18,21H,4,6,12H2,1-3H3;1-2H3/t18-,21+,24?;/m1./s1. The number of hydrogen-bond acceptors (Lipinski definition) is 6. The fourth-order valence-electron chi connectivity index (χ4n) is 4.74. The lowest BCUT2D eigenvalue weighted by Crippen LogP contribution is -2.40. The molecule has 1 aliphatic carbocycles. The molecule has 2 aromatic carbocycles. The molecule has 5 nitrogen and oxygen atoms in total. The molecule has 0 radical (unpaired) electrons. The number of aryl methyl sites for hydroxylation is 1. The number of hydrogen-bond donors (Lipinski definition) is 0. The molecule has 1 unspecified atom stereocenters. The zero-order valence-electron chi connectivity index (χ0n) is 19.6. The van der Waals surface area contributed by atoms with E-state index in [0.717, 1.165) is 29.5 Å². The summed E-state index contributed by atoms with van der Waals surface area (Å²) in [6, 6.07) is 7.39. The Morgan fingerprint density at radius 1 is 1.18 bits per heavy atom. The zero-order chi connectivity index (χ0) is 23.8. The van der Waals surface area contributed by atoms with E-state index in [2.05, 4.69) is 0 Å². The molecule has 3 atom stereocenters. The number of Topliss-reactive ketones (excluding diaryl/α,β-unsaturated/α-hetero) is 1. The predicted molar refractivity (Wildman–Crippen MR) is 129 cm³/mol. The van der Waals surface area contributed by atoms with Crippen molar-refractivity contribution in [3.8, 4) is 23.0 Å². The van der Waals surface area contributed by atoms with Crippen LogP contribution in [-0.2, 0) is 6.42 Å². The van der Waals surface area contributed by atoms with Crippen LogP contribution < -0.4 is 18.9 Å². The minimum Gasteiger partial charge on any atom is -0.493 e. The van der Waals surface area contributed by atoms with Gasteiger partial charge >= 0.3 is 0 Å². The topological polar surface area (TPSA) is 54.0 Å². The number of ketones is 1. The van der Waals surface area contributed by atoms with E-state index >= 15 is 0 Å². The summed E-state index contributed by atoms with van der Waals surface area (Å²) in [4.78, 5) is 13.6. The third-order valence-corrected chi connectivity index (χ3v) is 6.99. The van der Waals surface area contributed by atoms with E-state index in [1.807, 2.05) is 45.1 Å². The first kappa shape index (κ1) is 23.5. The SMILES string of the molecule is CC.COc1cc2c(cc1OC)[C@@H]1C(=O)c3ccc4c(c3O[C@@H]1CC2)C=CC(C)(CSF)O4. The molecule has 2 heterocycles. The van der Waals surface area contributed by atoms with Gasteiger partial charge in [-0.05, 0) is 67.3 Å². The highest BCUT2D eigenvalue weighted by Crippen LogP contribution is 2.49. The van der Waals surface area contributed by atoms with Crippen molar-refractivity contribution >= 4 is 24.0 Å². The van der Waals surface area contributed by atoms with Crippen LogP contribution in [0.1, 0.15) is 60.2 Å². The van der Waals surface area contributed by atoms with Crippen molar-refractivity contribution in [1.82, 2.24) is 0 Å². The highest BCUT2D eigenvalue weighted by atomic mass is 32.2. The maximum absolute atomic E-state index is 13.6. The summed E-state index contributed by atoms with van der Waals surface area (Å²) in [7, 11) is 3.20. The molecule has 0 N–H and O–H groups in total. The number of methoxy groups -OCH3 is 2. The Bertz CT molecular complexity index is 1100.